The molecule has 5 nitrogen and oxygen atoms in total. The number of halogens is 1. The molecule has 0 aromatic carbocycles. The minimum absolute atomic E-state index is 0.218. The van der Waals surface area contributed by atoms with Crippen LogP contribution in [-0.4, -0.2) is 27.5 Å². The summed E-state index contributed by atoms with van der Waals surface area (Å²) in [5.41, 5.74) is -0.140. The van der Waals surface area contributed by atoms with Crippen molar-refractivity contribution in [3.05, 3.63) is 28.5 Å². The zero-order valence-electron chi connectivity index (χ0n) is 9.16. The predicted octanol–water partition coefficient (Wildman–Crippen LogP) is 1.39. The molecule has 0 radical (unpaired) electrons. The third kappa shape index (κ3) is 2.39. The van der Waals surface area contributed by atoms with Crippen molar-refractivity contribution >= 4 is 23.5 Å². The van der Waals surface area contributed by atoms with Gasteiger partial charge in [0, 0.05) is 11.3 Å². The summed E-state index contributed by atoms with van der Waals surface area (Å²) < 4.78 is 0. The van der Waals surface area contributed by atoms with Gasteiger partial charge in [-0.05, 0) is 31.9 Å². The third-order valence-corrected chi connectivity index (χ3v) is 2.89. The summed E-state index contributed by atoms with van der Waals surface area (Å²) in [6.07, 6.45) is 0.928. The van der Waals surface area contributed by atoms with E-state index < -0.39 is 17.4 Å². The van der Waals surface area contributed by atoms with E-state index in [1.165, 1.54) is 6.07 Å². The second-order valence-corrected chi connectivity index (χ2v) is 4.55. The Bertz CT molecular complexity index is 477. The molecule has 1 amide bonds. The Kier molecular flexibility index (Phi) is 2.79. The summed E-state index contributed by atoms with van der Waals surface area (Å²) in [4.78, 5) is 26.7. The maximum absolute atomic E-state index is 11.8. The monoisotopic (exact) mass is 254 g/mol. The quantitative estimate of drug-likeness (QED) is 0.799. The molecule has 0 atom stereocenters. The van der Waals surface area contributed by atoms with Gasteiger partial charge in [0.25, 0.3) is 5.91 Å². The highest BCUT2D eigenvalue weighted by atomic mass is 35.5. The van der Waals surface area contributed by atoms with Crippen LogP contribution in [-0.2, 0) is 4.79 Å². The first-order valence-electron chi connectivity index (χ1n) is 5.13. The van der Waals surface area contributed by atoms with E-state index in [1.807, 2.05) is 0 Å². The summed E-state index contributed by atoms with van der Waals surface area (Å²) >= 11 is 5.74. The number of rotatable bonds is 3. The molecular weight excluding hydrogens is 244 g/mol. The predicted molar refractivity (Wildman–Crippen MR) is 61.1 cm³/mol. The van der Waals surface area contributed by atoms with E-state index in [1.54, 1.807) is 13.0 Å². The fraction of sp³-hybridized carbons (Fsp3) is 0.364. The molecule has 0 unspecified atom stereocenters. The number of amides is 1. The largest absolute Gasteiger partial charge is 0.480 e. The average molecular weight is 255 g/mol. The maximum atomic E-state index is 11.8. The number of aryl methyl sites for hydroxylation is 1. The summed E-state index contributed by atoms with van der Waals surface area (Å²) in [6.45, 7) is 1.72. The van der Waals surface area contributed by atoms with E-state index in [-0.39, 0.29) is 5.15 Å². The molecule has 1 saturated carbocycles. The smallest absolute Gasteiger partial charge is 0.329 e. The Balaban J connectivity index is 2.18. The van der Waals surface area contributed by atoms with Crippen molar-refractivity contribution < 1.29 is 14.7 Å². The number of nitrogens with one attached hydrogen (secondary N) is 1. The highest BCUT2D eigenvalue weighted by Crippen LogP contribution is 2.35. The van der Waals surface area contributed by atoms with Crippen molar-refractivity contribution in [2.75, 3.05) is 0 Å². The average Bonchev–Trinajstić information content (AvgIpc) is 2.97. The molecular formula is C11H11ClN2O3. The Labute approximate surface area is 103 Å². The van der Waals surface area contributed by atoms with Crippen molar-refractivity contribution in [1.29, 1.82) is 0 Å². The number of carbonyl (C=O) groups is 2. The van der Waals surface area contributed by atoms with Gasteiger partial charge < -0.3 is 10.4 Å². The molecule has 17 heavy (non-hydrogen) atoms. The van der Waals surface area contributed by atoms with E-state index in [0.29, 0.717) is 24.1 Å². The summed E-state index contributed by atoms with van der Waals surface area (Å²) in [6, 6.07) is 2.99. The van der Waals surface area contributed by atoms with Crippen LogP contribution in [0.15, 0.2) is 12.1 Å². The lowest BCUT2D eigenvalue weighted by atomic mass is 10.2. The Morgan fingerprint density at radius 1 is 1.47 bits per heavy atom. The van der Waals surface area contributed by atoms with Crippen LogP contribution in [0.3, 0.4) is 0 Å². The van der Waals surface area contributed by atoms with E-state index in [4.69, 9.17) is 16.7 Å². The summed E-state index contributed by atoms with van der Waals surface area (Å²) in [5, 5.41) is 11.7. The van der Waals surface area contributed by atoms with Crippen LogP contribution >= 0.6 is 11.6 Å². The Hall–Kier alpha value is -1.62. The van der Waals surface area contributed by atoms with Crippen LogP contribution in [0.1, 0.15) is 28.9 Å². The summed E-state index contributed by atoms with van der Waals surface area (Å²) in [7, 11) is 0. The molecule has 1 aromatic rings. The maximum Gasteiger partial charge on any atom is 0.329 e. The SMILES string of the molecule is Cc1cc(C(=O)NC2(C(=O)O)CC2)cc(Cl)n1. The number of hydrogen-bond donors (Lipinski definition) is 2. The number of carbonyl (C=O) groups excluding carboxylic acids is 1. The number of aliphatic carboxylic acids is 1. The molecule has 1 aromatic heterocycles. The lowest BCUT2D eigenvalue weighted by Crippen LogP contribution is -2.43. The van der Waals surface area contributed by atoms with Gasteiger partial charge in [0.05, 0.1) is 0 Å². The number of pyridine rings is 1. The standard InChI is InChI=1S/C11H11ClN2O3/c1-6-4-7(5-8(12)13-6)9(15)14-11(2-3-11)10(16)17/h4-5H,2-3H2,1H3,(H,14,15)(H,16,17). The van der Waals surface area contributed by atoms with Crippen molar-refractivity contribution in [3.8, 4) is 0 Å². The van der Waals surface area contributed by atoms with Crippen LogP contribution in [0.5, 0.6) is 0 Å². The van der Waals surface area contributed by atoms with Gasteiger partial charge in [0.2, 0.25) is 0 Å². The molecule has 1 aliphatic carbocycles. The molecule has 90 valence electrons. The molecule has 0 aliphatic heterocycles. The zero-order valence-corrected chi connectivity index (χ0v) is 9.91. The fourth-order valence-electron chi connectivity index (χ4n) is 1.57. The molecule has 0 saturated heterocycles. The molecule has 2 N–H and O–H groups in total. The molecule has 0 spiro atoms. The second kappa shape index (κ2) is 4.00. The lowest BCUT2D eigenvalue weighted by Gasteiger charge is -2.12. The normalized spacial score (nSPS) is 16.4. The first-order chi connectivity index (χ1) is 7.93. The van der Waals surface area contributed by atoms with Crippen LogP contribution in [0.2, 0.25) is 5.15 Å². The van der Waals surface area contributed by atoms with E-state index >= 15 is 0 Å². The van der Waals surface area contributed by atoms with Crippen molar-refractivity contribution in [2.45, 2.75) is 25.3 Å². The first kappa shape index (κ1) is 11.9. The Morgan fingerprint density at radius 3 is 2.59 bits per heavy atom. The van der Waals surface area contributed by atoms with Crippen LogP contribution in [0, 0.1) is 6.92 Å². The Morgan fingerprint density at radius 2 is 2.12 bits per heavy atom. The molecule has 6 heteroatoms. The molecule has 1 fully saturated rings. The molecule has 2 rings (SSSR count). The molecule has 1 heterocycles. The number of nitrogens with zero attached hydrogens (tertiary/aromatic N) is 1. The van der Waals surface area contributed by atoms with Gasteiger partial charge in [-0.2, -0.15) is 0 Å². The van der Waals surface area contributed by atoms with E-state index in [2.05, 4.69) is 10.3 Å². The van der Waals surface area contributed by atoms with Gasteiger partial charge in [-0.25, -0.2) is 9.78 Å². The first-order valence-corrected chi connectivity index (χ1v) is 5.51. The van der Waals surface area contributed by atoms with Gasteiger partial charge in [-0.3, -0.25) is 4.79 Å². The third-order valence-electron chi connectivity index (χ3n) is 2.70. The highest BCUT2D eigenvalue weighted by Gasteiger charge is 2.51. The van der Waals surface area contributed by atoms with E-state index in [9.17, 15) is 9.59 Å². The molecule has 0 bridgehead atoms. The molecule has 1 aliphatic rings. The number of carboxylic acids is 1. The van der Waals surface area contributed by atoms with Crippen molar-refractivity contribution in [1.82, 2.24) is 10.3 Å². The van der Waals surface area contributed by atoms with Crippen LogP contribution < -0.4 is 5.32 Å². The van der Waals surface area contributed by atoms with Gasteiger partial charge >= 0.3 is 5.97 Å². The second-order valence-electron chi connectivity index (χ2n) is 4.16. The minimum atomic E-state index is -1.08. The highest BCUT2D eigenvalue weighted by molar-refractivity contribution is 6.29. The van der Waals surface area contributed by atoms with E-state index in [0.717, 1.165) is 0 Å². The van der Waals surface area contributed by atoms with Crippen molar-refractivity contribution in [2.24, 2.45) is 0 Å². The van der Waals surface area contributed by atoms with Gasteiger partial charge in [0.15, 0.2) is 0 Å². The fourth-order valence-corrected chi connectivity index (χ4v) is 1.82. The van der Waals surface area contributed by atoms with Crippen LogP contribution in [0.25, 0.3) is 0 Å². The lowest BCUT2D eigenvalue weighted by molar-refractivity contribution is -0.140. The number of hydrogen-bond acceptors (Lipinski definition) is 3. The topological polar surface area (TPSA) is 79.3 Å². The summed E-state index contributed by atoms with van der Waals surface area (Å²) in [5.74, 6) is -1.43. The minimum Gasteiger partial charge on any atom is -0.480 e. The zero-order chi connectivity index (χ0) is 12.6. The van der Waals surface area contributed by atoms with Crippen LogP contribution in [0.4, 0.5) is 0 Å². The number of aromatic nitrogens is 1. The van der Waals surface area contributed by atoms with Gasteiger partial charge in [-0.1, -0.05) is 11.6 Å². The van der Waals surface area contributed by atoms with Gasteiger partial charge in [-0.15, -0.1) is 0 Å². The number of carboxylic acid groups (broad SMARTS) is 1. The van der Waals surface area contributed by atoms with Gasteiger partial charge in [0.1, 0.15) is 10.7 Å². The van der Waals surface area contributed by atoms with Crippen molar-refractivity contribution in [3.63, 3.8) is 0 Å².